The standard InChI is InChI=1S/C106H62N4O3S/c1-3-23-63(24-4-1)91-61-93(109-103(107-91)80-33-9-7-27-71(80)67-47-53-89-99(57-67)111-95-40-20-18-38-87(95)105(89)83-35-15-11-29-73(83)74-30-12-16-36-84(74)105)69-44-50-77-76-49-43-66(56-97(76)113-98(77)59-69)65-46-52-86-82(55-65)75-31-13-17-37-85(75)106(86)88-39-19-21-41-96(88)112-100-58-68(48-54-90(100)106)72-28-8-10-34-81(72)104-108-92(64-25-5-2-6-26-64)62-94(110-104)70-45-51-79-78-32-14-22-42-101(78)114-102(79)60-70/h1-62H. The lowest BCUT2D eigenvalue weighted by Gasteiger charge is -2.39. The minimum atomic E-state index is -0.701. The van der Waals surface area contributed by atoms with Gasteiger partial charge in [0, 0.05) is 86.6 Å². The molecule has 0 fully saturated rings. The van der Waals surface area contributed by atoms with Gasteiger partial charge < -0.3 is 13.9 Å². The fourth-order valence-corrected chi connectivity index (χ4v) is 20.2. The number of rotatable bonds is 9. The first-order valence-electron chi connectivity index (χ1n) is 38.7. The fraction of sp³-hybridized carbons (Fsp3) is 0.0189. The molecule has 4 aliphatic rings. The van der Waals surface area contributed by atoms with E-state index >= 15 is 0 Å². The zero-order valence-electron chi connectivity index (χ0n) is 61.2. The summed E-state index contributed by atoms with van der Waals surface area (Å²) in [5.74, 6) is 4.54. The van der Waals surface area contributed by atoms with E-state index in [4.69, 9.17) is 33.8 Å². The molecular formula is C106H62N4O3S. The van der Waals surface area contributed by atoms with Gasteiger partial charge in [0.05, 0.1) is 33.6 Å². The van der Waals surface area contributed by atoms with Gasteiger partial charge in [-0.25, -0.2) is 19.9 Å². The van der Waals surface area contributed by atoms with Crippen molar-refractivity contribution in [1.29, 1.82) is 0 Å². The highest BCUT2D eigenvalue weighted by atomic mass is 32.1. The molecule has 0 amide bonds. The van der Waals surface area contributed by atoms with Gasteiger partial charge in [0.25, 0.3) is 0 Å². The summed E-state index contributed by atoms with van der Waals surface area (Å²) in [6, 6.07) is 135. The number of aromatic nitrogens is 4. The van der Waals surface area contributed by atoms with Crippen molar-refractivity contribution in [3.63, 3.8) is 0 Å². The Balaban J connectivity index is 0.580. The Labute approximate surface area is 660 Å². The predicted molar refractivity (Wildman–Crippen MR) is 461 cm³/mol. The van der Waals surface area contributed by atoms with Gasteiger partial charge in [-0.1, -0.05) is 297 Å². The molecule has 0 bridgehead atoms. The molecule has 530 valence electrons. The number of fused-ring (bicyclic) bond motifs is 24. The molecule has 7 nitrogen and oxygen atoms in total. The van der Waals surface area contributed by atoms with Crippen LogP contribution in [-0.4, -0.2) is 19.9 Å². The summed E-state index contributed by atoms with van der Waals surface area (Å²) in [5.41, 5.74) is 29.7. The van der Waals surface area contributed by atoms with Crippen LogP contribution in [0, 0.1) is 0 Å². The van der Waals surface area contributed by atoms with E-state index in [0.717, 1.165) is 157 Å². The summed E-state index contributed by atoms with van der Waals surface area (Å²) in [4.78, 5) is 21.7. The largest absolute Gasteiger partial charge is 0.457 e. The number of thiophene rings is 1. The summed E-state index contributed by atoms with van der Waals surface area (Å²) < 4.78 is 23.7. The lowest BCUT2D eigenvalue weighted by atomic mass is 9.66. The maximum absolute atomic E-state index is 7.17. The van der Waals surface area contributed by atoms with E-state index in [1.54, 1.807) is 0 Å². The second-order valence-electron chi connectivity index (χ2n) is 30.1. The topological polar surface area (TPSA) is 83.2 Å². The Bertz CT molecular complexity index is 7420. The van der Waals surface area contributed by atoms with Crippen molar-refractivity contribution in [2.75, 3.05) is 0 Å². The first-order valence-corrected chi connectivity index (χ1v) is 39.5. The Kier molecular flexibility index (Phi) is 14.0. The van der Waals surface area contributed by atoms with Crippen molar-refractivity contribution in [3.05, 3.63) is 421 Å². The Hall–Kier alpha value is -14.7. The van der Waals surface area contributed by atoms with Crippen LogP contribution in [0.15, 0.2) is 381 Å². The summed E-state index contributed by atoms with van der Waals surface area (Å²) >= 11 is 1.81. The Morgan fingerprint density at radius 1 is 0.202 bits per heavy atom. The molecule has 2 spiro atoms. The highest BCUT2D eigenvalue weighted by Crippen LogP contribution is 2.65. The van der Waals surface area contributed by atoms with Crippen molar-refractivity contribution in [3.8, 4) is 146 Å². The van der Waals surface area contributed by atoms with E-state index in [2.05, 4.69) is 364 Å². The average molecular weight is 1470 g/mol. The Morgan fingerprint density at radius 2 is 0.553 bits per heavy atom. The van der Waals surface area contributed by atoms with E-state index in [9.17, 15) is 0 Å². The molecule has 0 N–H and O–H groups in total. The molecule has 114 heavy (non-hydrogen) atoms. The third-order valence-corrected chi connectivity index (χ3v) is 25.3. The summed E-state index contributed by atoms with van der Waals surface area (Å²) in [5, 5.41) is 4.58. The molecule has 24 rings (SSSR count). The molecular weight excluding hydrogens is 1410 g/mol. The number of benzene rings is 16. The normalized spacial score (nSPS) is 14.2. The van der Waals surface area contributed by atoms with E-state index in [1.165, 1.54) is 64.7 Å². The number of nitrogens with zero attached hydrogens (tertiary/aromatic N) is 4. The molecule has 2 aliphatic carbocycles. The van der Waals surface area contributed by atoms with Crippen LogP contribution < -0.4 is 9.47 Å². The maximum atomic E-state index is 7.17. The highest BCUT2D eigenvalue weighted by molar-refractivity contribution is 7.25. The van der Waals surface area contributed by atoms with Crippen molar-refractivity contribution in [2.24, 2.45) is 0 Å². The van der Waals surface area contributed by atoms with Gasteiger partial charge in [-0.15, -0.1) is 11.3 Å². The van der Waals surface area contributed by atoms with Crippen LogP contribution in [0.4, 0.5) is 0 Å². The zero-order chi connectivity index (χ0) is 74.7. The van der Waals surface area contributed by atoms with Gasteiger partial charge in [0.15, 0.2) is 11.6 Å². The van der Waals surface area contributed by atoms with Crippen LogP contribution in [0.25, 0.3) is 166 Å². The van der Waals surface area contributed by atoms with Crippen molar-refractivity contribution in [2.45, 2.75) is 10.8 Å². The van der Waals surface area contributed by atoms with Crippen LogP contribution in [0.1, 0.15) is 44.5 Å². The maximum Gasteiger partial charge on any atom is 0.161 e. The zero-order valence-corrected chi connectivity index (χ0v) is 62.0. The lowest BCUT2D eigenvalue weighted by molar-refractivity contribution is 0.436. The molecule has 16 aromatic carbocycles. The highest BCUT2D eigenvalue weighted by Gasteiger charge is 2.53. The first kappa shape index (κ1) is 64.2. The number of furan rings is 1. The number of hydrogen-bond acceptors (Lipinski definition) is 8. The van der Waals surface area contributed by atoms with Crippen LogP contribution in [0.5, 0.6) is 23.0 Å². The predicted octanol–water partition coefficient (Wildman–Crippen LogP) is 27.5. The van der Waals surface area contributed by atoms with E-state index in [1.807, 2.05) is 23.5 Å². The average Bonchev–Trinajstić information content (AvgIpc) is 1.51. The second-order valence-corrected chi connectivity index (χ2v) is 31.2. The minimum Gasteiger partial charge on any atom is -0.457 e. The smallest absolute Gasteiger partial charge is 0.161 e. The molecule has 20 aromatic rings. The second kappa shape index (κ2) is 24.9. The van der Waals surface area contributed by atoms with Crippen molar-refractivity contribution in [1.82, 2.24) is 19.9 Å². The molecule has 0 saturated heterocycles. The monoisotopic (exact) mass is 1470 g/mol. The fourth-order valence-electron chi connectivity index (χ4n) is 19.1. The molecule has 0 radical (unpaired) electrons. The minimum absolute atomic E-state index is 0.568. The molecule has 4 aromatic heterocycles. The lowest BCUT2D eigenvalue weighted by Crippen LogP contribution is -2.32. The van der Waals surface area contributed by atoms with Gasteiger partial charge in [0.2, 0.25) is 0 Å². The third-order valence-electron chi connectivity index (χ3n) is 24.1. The van der Waals surface area contributed by atoms with Gasteiger partial charge in [-0.2, -0.15) is 0 Å². The first-order chi connectivity index (χ1) is 56.4. The number of hydrogen-bond donors (Lipinski definition) is 0. The molecule has 2 aliphatic heterocycles. The van der Waals surface area contributed by atoms with E-state index in [0.29, 0.717) is 11.6 Å². The van der Waals surface area contributed by atoms with Gasteiger partial charge in [-0.3, -0.25) is 0 Å². The van der Waals surface area contributed by atoms with E-state index in [-0.39, 0.29) is 0 Å². The van der Waals surface area contributed by atoms with Crippen LogP contribution >= 0.6 is 11.3 Å². The molecule has 1 unspecified atom stereocenters. The summed E-state index contributed by atoms with van der Waals surface area (Å²) in [6.45, 7) is 0. The van der Waals surface area contributed by atoms with Crippen molar-refractivity contribution < 1.29 is 13.9 Å². The van der Waals surface area contributed by atoms with Crippen molar-refractivity contribution >= 4 is 53.4 Å². The number of ether oxygens (including phenoxy) is 2. The summed E-state index contributed by atoms with van der Waals surface area (Å²) in [7, 11) is 0. The third kappa shape index (κ3) is 9.56. The van der Waals surface area contributed by atoms with Crippen LogP contribution in [0.2, 0.25) is 0 Å². The van der Waals surface area contributed by atoms with Crippen LogP contribution in [0.3, 0.4) is 0 Å². The van der Waals surface area contributed by atoms with Gasteiger partial charge in [-0.05, 0) is 157 Å². The summed E-state index contributed by atoms with van der Waals surface area (Å²) in [6.07, 6.45) is 0. The molecule has 1 atom stereocenters. The molecule has 8 heteroatoms. The van der Waals surface area contributed by atoms with E-state index < -0.39 is 10.8 Å². The molecule has 0 saturated carbocycles. The van der Waals surface area contributed by atoms with Gasteiger partial charge >= 0.3 is 0 Å². The Morgan fingerprint density at radius 3 is 1.09 bits per heavy atom. The number of para-hydroxylation sites is 2. The van der Waals surface area contributed by atoms with Crippen LogP contribution in [-0.2, 0) is 10.8 Å². The molecule has 6 heterocycles. The van der Waals surface area contributed by atoms with Gasteiger partial charge in [0.1, 0.15) is 34.2 Å². The SMILES string of the molecule is c1ccc(-c2cc(-c3ccc4c(c3)oc3cc(-c5ccc6c(c5)-c5ccccc5C65c6ccccc6Oc6cc(-c7ccccc7-c7nc(-c8ccccc8)cc(-c8ccc9c(c8)sc8ccccc89)n7)ccc65)ccc34)nc(-c3ccccc3-c3ccc4c(c3)Oc3ccccc3C43c4ccccc4-c4ccccc43)n2)cc1. The quantitative estimate of drug-likeness (QED) is 0.142.